The van der Waals surface area contributed by atoms with Gasteiger partial charge in [0, 0.05) is 50.5 Å². The number of rotatable bonds is 3. The number of aliphatic carboxylic acids is 1. The maximum absolute atomic E-state index is 12.5. The third-order valence-corrected chi connectivity index (χ3v) is 5.75. The van der Waals surface area contributed by atoms with Crippen LogP contribution in [0.15, 0.2) is 24.0 Å². The Morgan fingerprint density at radius 3 is 2.30 bits per heavy atom. The van der Waals surface area contributed by atoms with Gasteiger partial charge < -0.3 is 10.0 Å². The van der Waals surface area contributed by atoms with E-state index in [2.05, 4.69) is 25.2 Å². The van der Waals surface area contributed by atoms with Gasteiger partial charge in [-0.1, -0.05) is 0 Å². The van der Waals surface area contributed by atoms with Crippen molar-refractivity contribution in [2.75, 3.05) is 26.2 Å². The molecule has 4 rings (SSSR count). The Morgan fingerprint density at radius 1 is 1.20 bits per heavy atom. The zero-order chi connectivity index (χ0) is 21.9. The minimum absolute atomic E-state index is 0.00850. The molecule has 2 aliphatic rings. The number of alkyl halides is 3. The standard InChI is InChI=1S/C16H19N5OS.C2HF3O2/c1-11-19-14(10-23-11)9-20-5-12-7-21(8-13(12)6-20)16(22)15-4-17-2-3-18-15;3-2(4,5)1(6)7/h2-4,10,12-13H,5-9H2,1H3;(H,6,7)/t12-,13+;. The van der Waals surface area contributed by atoms with Gasteiger partial charge in [0.2, 0.25) is 0 Å². The smallest absolute Gasteiger partial charge is 0.475 e. The molecule has 4 heterocycles. The molecule has 2 atom stereocenters. The average Bonchev–Trinajstić information content (AvgIpc) is 3.36. The molecule has 12 heteroatoms. The molecule has 2 saturated heterocycles. The van der Waals surface area contributed by atoms with E-state index in [-0.39, 0.29) is 5.91 Å². The van der Waals surface area contributed by atoms with Gasteiger partial charge in [0.05, 0.1) is 16.9 Å². The SMILES string of the molecule is Cc1nc(CN2C[C@@H]3CN(C(=O)c4cnccn4)C[C@@H]3C2)cs1.O=C(O)C(F)(F)F. The summed E-state index contributed by atoms with van der Waals surface area (Å²) in [5.74, 6) is -1.62. The van der Waals surface area contributed by atoms with E-state index in [4.69, 9.17) is 9.90 Å². The number of thiazole rings is 1. The molecule has 8 nitrogen and oxygen atoms in total. The van der Waals surface area contributed by atoms with E-state index in [1.165, 1.54) is 5.69 Å². The molecule has 1 amide bonds. The van der Waals surface area contributed by atoms with Crippen LogP contribution < -0.4 is 0 Å². The average molecular weight is 443 g/mol. The van der Waals surface area contributed by atoms with Crippen LogP contribution in [0.25, 0.3) is 0 Å². The number of halogens is 3. The predicted molar refractivity (Wildman–Crippen MR) is 101 cm³/mol. The molecule has 0 radical (unpaired) electrons. The highest BCUT2D eigenvalue weighted by Gasteiger charge is 2.42. The molecular formula is C18H20F3N5O3S. The molecule has 2 fully saturated rings. The summed E-state index contributed by atoms with van der Waals surface area (Å²) in [5, 5.41) is 10.4. The van der Waals surface area contributed by atoms with Crippen molar-refractivity contribution < 1.29 is 27.9 Å². The van der Waals surface area contributed by atoms with Crippen LogP contribution in [-0.2, 0) is 11.3 Å². The van der Waals surface area contributed by atoms with Gasteiger partial charge in [0.25, 0.3) is 5.91 Å². The van der Waals surface area contributed by atoms with Crippen molar-refractivity contribution in [1.29, 1.82) is 0 Å². The number of aryl methyl sites for hydroxylation is 1. The van der Waals surface area contributed by atoms with Crippen molar-refractivity contribution in [2.45, 2.75) is 19.6 Å². The zero-order valence-electron chi connectivity index (χ0n) is 16.0. The van der Waals surface area contributed by atoms with Gasteiger partial charge in [0.15, 0.2) is 0 Å². The van der Waals surface area contributed by atoms with E-state index in [0.717, 1.165) is 37.7 Å². The van der Waals surface area contributed by atoms with Crippen molar-refractivity contribution in [3.05, 3.63) is 40.4 Å². The summed E-state index contributed by atoms with van der Waals surface area (Å²) in [6.45, 7) is 6.72. The molecule has 0 bridgehead atoms. The first-order chi connectivity index (χ1) is 14.1. The number of carboxylic acid groups (broad SMARTS) is 1. The highest BCUT2D eigenvalue weighted by molar-refractivity contribution is 7.09. The van der Waals surface area contributed by atoms with Gasteiger partial charge in [-0.3, -0.25) is 14.7 Å². The van der Waals surface area contributed by atoms with Gasteiger partial charge >= 0.3 is 12.1 Å². The minimum atomic E-state index is -5.08. The second-order valence-corrected chi connectivity index (χ2v) is 8.24. The monoisotopic (exact) mass is 443 g/mol. The second kappa shape index (κ2) is 9.04. The number of amides is 1. The molecule has 0 saturated carbocycles. The molecule has 2 aromatic heterocycles. The predicted octanol–water partition coefficient (Wildman–Crippen LogP) is 2.08. The number of aromatic nitrogens is 3. The largest absolute Gasteiger partial charge is 0.490 e. The summed E-state index contributed by atoms with van der Waals surface area (Å²) in [7, 11) is 0. The third-order valence-electron chi connectivity index (χ3n) is 4.93. The molecule has 2 aromatic rings. The Hall–Kier alpha value is -2.60. The molecule has 0 spiro atoms. The van der Waals surface area contributed by atoms with Crippen LogP contribution in [0, 0.1) is 18.8 Å². The molecule has 162 valence electrons. The number of likely N-dealkylation sites (tertiary alicyclic amines) is 2. The molecule has 30 heavy (non-hydrogen) atoms. The number of hydrogen-bond acceptors (Lipinski definition) is 7. The second-order valence-electron chi connectivity index (χ2n) is 7.18. The normalized spacial score (nSPS) is 21.1. The first-order valence-corrected chi connectivity index (χ1v) is 10.00. The topological polar surface area (TPSA) is 99.5 Å². The van der Waals surface area contributed by atoms with E-state index in [9.17, 15) is 18.0 Å². The minimum Gasteiger partial charge on any atom is -0.475 e. The van der Waals surface area contributed by atoms with Gasteiger partial charge in [-0.05, 0) is 18.8 Å². The van der Waals surface area contributed by atoms with Gasteiger partial charge in [-0.25, -0.2) is 14.8 Å². The fourth-order valence-electron chi connectivity index (χ4n) is 3.67. The molecular weight excluding hydrogens is 423 g/mol. The molecule has 1 N–H and O–H groups in total. The maximum Gasteiger partial charge on any atom is 0.490 e. The molecule has 0 aliphatic carbocycles. The summed E-state index contributed by atoms with van der Waals surface area (Å²) < 4.78 is 31.7. The molecule has 2 aliphatic heterocycles. The zero-order valence-corrected chi connectivity index (χ0v) is 16.9. The van der Waals surface area contributed by atoms with Gasteiger partial charge in [-0.2, -0.15) is 13.2 Å². The summed E-state index contributed by atoms with van der Waals surface area (Å²) in [6, 6.07) is 0. The Bertz CT molecular complexity index is 879. The fraction of sp³-hybridized carbons (Fsp3) is 0.500. The van der Waals surface area contributed by atoms with Crippen molar-refractivity contribution >= 4 is 23.2 Å². The summed E-state index contributed by atoms with van der Waals surface area (Å²) in [4.78, 5) is 38.4. The van der Waals surface area contributed by atoms with Crippen molar-refractivity contribution in [1.82, 2.24) is 24.8 Å². The van der Waals surface area contributed by atoms with Crippen LogP contribution in [0.3, 0.4) is 0 Å². The van der Waals surface area contributed by atoms with Gasteiger partial charge in [-0.15, -0.1) is 11.3 Å². The van der Waals surface area contributed by atoms with Crippen LogP contribution in [0.5, 0.6) is 0 Å². The number of carboxylic acids is 1. The van der Waals surface area contributed by atoms with Gasteiger partial charge in [0.1, 0.15) is 5.69 Å². The van der Waals surface area contributed by atoms with Crippen molar-refractivity contribution in [2.24, 2.45) is 11.8 Å². The van der Waals surface area contributed by atoms with Crippen LogP contribution in [0.2, 0.25) is 0 Å². The van der Waals surface area contributed by atoms with E-state index in [1.807, 2.05) is 11.8 Å². The number of carbonyl (C=O) groups excluding carboxylic acids is 1. The number of fused-ring (bicyclic) bond motifs is 1. The number of nitrogens with zero attached hydrogens (tertiary/aromatic N) is 5. The summed E-state index contributed by atoms with van der Waals surface area (Å²) >= 11 is 1.71. The molecule has 0 unspecified atom stereocenters. The number of hydrogen-bond donors (Lipinski definition) is 1. The van der Waals surface area contributed by atoms with Crippen molar-refractivity contribution in [3.63, 3.8) is 0 Å². The Balaban J connectivity index is 0.000000318. The lowest BCUT2D eigenvalue weighted by Gasteiger charge is -2.20. The van der Waals surface area contributed by atoms with E-state index in [1.54, 1.807) is 29.9 Å². The Labute approximate surface area is 174 Å². The highest BCUT2D eigenvalue weighted by atomic mass is 32.1. The lowest BCUT2D eigenvalue weighted by Crippen LogP contribution is -2.33. The van der Waals surface area contributed by atoms with E-state index in [0.29, 0.717) is 17.5 Å². The fourth-order valence-corrected chi connectivity index (χ4v) is 4.27. The maximum atomic E-state index is 12.5. The first-order valence-electron chi connectivity index (χ1n) is 9.12. The Kier molecular flexibility index (Phi) is 6.66. The van der Waals surface area contributed by atoms with E-state index < -0.39 is 12.1 Å². The lowest BCUT2D eigenvalue weighted by atomic mass is 10.0. The summed E-state index contributed by atoms with van der Waals surface area (Å²) in [5.41, 5.74) is 1.61. The molecule has 0 aromatic carbocycles. The van der Waals surface area contributed by atoms with E-state index >= 15 is 0 Å². The Morgan fingerprint density at radius 2 is 1.83 bits per heavy atom. The van der Waals surface area contributed by atoms with Crippen LogP contribution in [0.4, 0.5) is 13.2 Å². The lowest BCUT2D eigenvalue weighted by molar-refractivity contribution is -0.192. The van der Waals surface area contributed by atoms with Crippen molar-refractivity contribution in [3.8, 4) is 0 Å². The van der Waals surface area contributed by atoms with Crippen LogP contribution in [-0.4, -0.2) is 74.1 Å². The third kappa shape index (κ3) is 5.51. The number of carbonyl (C=O) groups is 2. The highest BCUT2D eigenvalue weighted by Crippen LogP contribution is 2.32. The quantitative estimate of drug-likeness (QED) is 0.775. The summed E-state index contributed by atoms with van der Waals surface area (Å²) in [6.07, 6.45) is -0.372. The van der Waals surface area contributed by atoms with Crippen LogP contribution >= 0.6 is 11.3 Å². The first kappa shape index (κ1) is 22.1. The van der Waals surface area contributed by atoms with Crippen LogP contribution in [0.1, 0.15) is 21.2 Å².